The third-order valence-electron chi connectivity index (χ3n) is 5.01. The second-order valence-electron chi connectivity index (χ2n) is 7.31. The van der Waals surface area contributed by atoms with E-state index in [4.69, 9.17) is 16.3 Å². The van der Waals surface area contributed by atoms with Crippen LogP contribution in [-0.2, 0) is 11.3 Å². The van der Waals surface area contributed by atoms with Crippen molar-refractivity contribution in [3.63, 3.8) is 0 Å². The summed E-state index contributed by atoms with van der Waals surface area (Å²) in [4.78, 5) is 46.7. The zero-order chi connectivity index (χ0) is 26.0. The van der Waals surface area contributed by atoms with E-state index in [1.54, 1.807) is 12.1 Å². The van der Waals surface area contributed by atoms with E-state index in [9.17, 15) is 34.2 Å². The molecule has 1 aliphatic heterocycles. The van der Waals surface area contributed by atoms with E-state index in [1.807, 2.05) is 0 Å². The largest absolute Gasteiger partial charge is 0.450 e. The summed E-state index contributed by atoms with van der Waals surface area (Å²) in [5, 5.41) is 21.7. The molecule has 1 fully saturated rings. The fourth-order valence-corrected chi connectivity index (χ4v) is 4.30. The second-order valence-corrected chi connectivity index (χ2v) is 8.71. The van der Waals surface area contributed by atoms with Gasteiger partial charge in [0.2, 0.25) is 5.75 Å². The average Bonchev–Trinajstić information content (AvgIpc) is 3.09. The molecule has 1 aliphatic rings. The van der Waals surface area contributed by atoms with E-state index in [-0.39, 0.29) is 33.5 Å². The number of nitro groups is 2. The van der Waals surface area contributed by atoms with Crippen molar-refractivity contribution in [2.75, 3.05) is 0 Å². The lowest BCUT2D eigenvalue weighted by Gasteiger charge is -2.14. The number of non-ortho nitro benzene ring substituents is 1. The van der Waals surface area contributed by atoms with Crippen molar-refractivity contribution in [1.82, 2.24) is 4.90 Å². The van der Waals surface area contributed by atoms with Crippen molar-refractivity contribution in [3.05, 3.63) is 108 Å². The van der Waals surface area contributed by atoms with Crippen LogP contribution in [0, 0.1) is 26.0 Å². The number of amides is 2. The fraction of sp³-hybridized carbons (Fsp3) is 0.0435. The van der Waals surface area contributed by atoms with Gasteiger partial charge in [0.15, 0.2) is 0 Å². The molecule has 36 heavy (non-hydrogen) atoms. The maximum Gasteiger partial charge on any atom is 0.318 e. The Balaban J connectivity index is 1.51. The lowest BCUT2D eigenvalue weighted by atomic mass is 10.2. The molecule has 10 nitrogen and oxygen atoms in total. The number of nitrogens with zero attached hydrogens (tertiary/aromatic N) is 3. The molecule has 3 aromatic rings. The van der Waals surface area contributed by atoms with Gasteiger partial charge in [0.05, 0.1) is 27.4 Å². The van der Waals surface area contributed by atoms with Crippen LogP contribution in [0.3, 0.4) is 0 Å². The normalized spacial score (nSPS) is 14.4. The summed E-state index contributed by atoms with van der Waals surface area (Å²) in [7, 11) is 0. The molecule has 0 saturated carbocycles. The first kappa shape index (κ1) is 24.8. The van der Waals surface area contributed by atoms with Gasteiger partial charge in [-0.15, -0.1) is 0 Å². The molecular weight excluding hydrogens is 517 g/mol. The number of rotatable bonds is 7. The average molecular weight is 530 g/mol. The minimum atomic E-state index is -0.790. The molecule has 0 aromatic heterocycles. The number of hydrogen-bond acceptors (Lipinski definition) is 8. The number of imide groups is 1. The highest BCUT2D eigenvalue weighted by atomic mass is 35.5. The number of hydrogen-bond donors (Lipinski definition) is 0. The van der Waals surface area contributed by atoms with Gasteiger partial charge >= 0.3 is 5.69 Å². The van der Waals surface area contributed by atoms with E-state index >= 15 is 0 Å². The molecule has 2 amide bonds. The minimum absolute atomic E-state index is 0.0320. The Morgan fingerprint density at radius 3 is 2.39 bits per heavy atom. The molecule has 4 rings (SSSR count). The van der Waals surface area contributed by atoms with E-state index in [2.05, 4.69) is 0 Å². The summed E-state index contributed by atoms with van der Waals surface area (Å²) >= 11 is 6.70. The first-order chi connectivity index (χ1) is 17.1. The summed E-state index contributed by atoms with van der Waals surface area (Å²) in [6.07, 6.45) is 1.46. The zero-order valence-electron chi connectivity index (χ0n) is 17.9. The lowest BCUT2D eigenvalue weighted by molar-refractivity contribution is -0.394. The maximum absolute atomic E-state index is 14.1. The van der Waals surface area contributed by atoms with Gasteiger partial charge in [0.1, 0.15) is 11.6 Å². The molecule has 3 aromatic carbocycles. The van der Waals surface area contributed by atoms with Gasteiger partial charge in [-0.3, -0.25) is 34.7 Å². The highest BCUT2D eigenvalue weighted by Crippen LogP contribution is 2.36. The van der Waals surface area contributed by atoms with Crippen LogP contribution in [0.15, 0.2) is 65.6 Å². The van der Waals surface area contributed by atoms with E-state index in [0.717, 1.165) is 23.1 Å². The van der Waals surface area contributed by atoms with Crippen LogP contribution in [0.1, 0.15) is 11.1 Å². The summed E-state index contributed by atoms with van der Waals surface area (Å²) in [6, 6.07) is 13.1. The van der Waals surface area contributed by atoms with Crippen LogP contribution < -0.4 is 4.74 Å². The third kappa shape index (κ3) is 5.19. The van der Waals surface area contributed by atoms with Crippen LogP contribution in [-0.4, -0.2) is 25.9 Å². The number of carbonyl (C=O) groups is 2. The predicted molar refractivity (Wildman–Crippen MR) is 129 cm³/mol. The topological polar surface area (TPSA) is 133 Å². The molecule has 0 unspecified atom stereocenters. The van der Waals surface area contributed by atoms with E-state index in [0.29, 0.717) is 17.3 Å². The van der Waals surface area contributed by atoms with Crippen LogP contribution in [0.5, 0.6) is 11.5 Å². The minimum Gasteiger partial charge on any atom is -0.450 e. The van der Waals surface area contributed by atoms with Crippen LogP contribution in [0.4, 0.5) is 20.6 Å². The lowest BCUT2D eigenvalue weighted by Crippen LogP contribution is -2.28. The van der Waals surface area contributed by atoms with E-state index < -0.39 is 38.2 Å². The first-order valence-corrected chi connectivity index (χ1v) is 11.2. The molecule has 0 N–H and O–H groups in total. The Labute approximate surface area is 211 Å². The number of benzene rings is 3. The molecule has 0 aliphatic carbocycles. The van der Waals surface area contributed by atoms with E-state index in [1.165, 1.54) is 36.4 Å². The highest BCUT2D eigenvalue weighted by molar-refractivity contribution is 8.18. The summed E-state index contributed by atoms with van der Waals surface area (Å²) in [5.41, 5.74) is -0.466. The number of thioether (sulfide) groups is 1. The van der Waals surface area contributed by atoms with Crippen LogP contribution >= 0.6 is 23.4 Å². The van der Waals surface area contributed by atoms with Crippen LogP contribution in [0.25, 0.3) is 6.08 Å². The molecular formula is C23H13ClFN3O7S. The Morgan fingerprint density at radius 1 is 1.03 bits per heavy atom. The van der Waals surface area contributed by atoms with Crippen molar-refractivity contribution in [1.29, 1.82) is 0 Å². The number of carbonyl (C=O) groups excluding carboxylic acids is 2. The molecule has 13 heteroatoms. The fourth-order valence-electron chi connectivity index (χ4n) is 3.24. The Kier molecular flexibility index (Phi) is 6.99. The predicted octanol–water partition coefficient (Wildman–Crippen LogP) is 6.32. The van der Waals surface area contributed by atoms with Gasteiger partial charge in [-0.25, -0.2) is 4.39 Å². The number of halogens is 2. The van der Waals surface area contributed by atoms with Crippen molar-refractivity contribution in [2.45, 2.75) is 6.54 Å². The smallest absolute Gasteiger partial charge is 0.318 e. The molecule has 182 valence electrons. The van der Waals surface area contributed by atoms with Gasteiger partial charge in [-0.05, 0) is 53.7 Å². The van der Waals surface area contributed by atoms with Crippen LogP contribution in [0.2, 0.25) is 5.02 Å². The summed E-state index contributed by atoms with van der Waals surface area (Å²) in [5.74, 6) is -1.22. The van der Waals surface area contributed by atoms with Gasteiger partial charge < -0.3 is 4.74 Å². The van der Waals surface area contributed by atoms with Gasteiger partial charge in [-0.1, -0.05) is 29.8 Å². The SMILES string of the molecule is O=C1S/C(=C/c2ccc(Oc3ccc([N+](=O)[O-])cc3[N+](=O)[O-])cc2)C(=O)N1Cc1c(F)cccc1Cl. The van der Waals surface area contributed by atoms with Gasteiger partial charge in [0, 0.05) is 16.7 Å². The van der Waals surface area contributed by atoms with Gasteiger partial charge in [-0.2, -0.15) is 0 Å². The van der Waals surface area contributed by atoms with Gasteiger partial charge in [0.25, 0.3) is 16.8 Å². The summed E-state index contributed by atoms with van der Waals surface area (Å²) < 4.78 is 19.6. The summed E-state index contributed by atoms with van der Waals surface area (Å²) in [6.45, 7) is -0.311. The quantitative estimate of drug-likeness (QED) is 0.197. The number of ether oxygens (including phenoxy) is 1. The molecule has 0 spiro atoms. The van der Waals surface area contributed by atoms with Crippen molar-refractivity contribution in [3.8, 4) is 11.5 Å². The highest BCUT2D eigenvalue weighted by Gasteiger charge is 2.36. The molecule has 1 saturated heterocycles. The molecule has 0 bridgehead atoms. The maximum atomic E-state index is 14.1. The number of nitro benzene ring substituents is 2. The second kappa shape index (κ2) is 10.1. The standard InChI is InChI=1S/C23H13ClFN3O7S/c24-17-2-1-3-18(25)16(17)12-26-22(29)21(36-23(26)30)10-13-4-7-15(8-5-13)35-20-9-6-14(27(31)32)11-19(20)28(33)34/h1-11H,12H2/b21-10+. The Morgan fingerprint density at radius 2 is 1.75 bits per heavy atom. The van der Waals surface area contributed by atoms with Crippen molar-refractivity contribution < 1.29 is 28.6 Å². The zero-order valence-corrected chi connectivity index (χ0v) is 19.5. The molecule has 1 heterocycles. The Hall–Kier alpha value is -4.29. The Bertz CT molecular complexity index is 1430. The third-order valence-corrected chi connectivity index (χ3v) is 6.27. The van der Waals surface area contributed by atoms with Crippen molar-refractivity contribution >= 4 is 52.0 Å². The van der Waals surface area contributed by atoms with Crippen molar-refractivity contribution in [2.24, 2.45) is 0 Å². The molecule has 0 atom stereocenters. The molecule has 0 radical (unpaired) electrons. The first-order valence-electron chi connectivity index (χ1n) is 10.0. The monoisotopic (exact) mass is 529 g/mol.